The number of anilines is 1. The lowest BCUT2D eigenvalue weighted by atomic mass is 10.2. The zero-order chi connectivity index (χ0) is 8.48. The van der Waals surface area contributed by atoms with Gasteiger partial charge in [-0.15, -0.1) is 0 Å². The maximum absolute atomic E-state index is 7.07. The number of para-hydroxylation sites is 1. The Bertz CT molecular complexity index is 254. The molecule has 0 fully saturated rings. The molecule has 8 heavy (non-hydrogen) atoms. The highest BCUT2D eigenvalue weighted by Crippen LogP contribution is 2.06. The topological polar surface area (TPSA) is 26.0 Å². The highest BCUT2D eigenvalue weighted by Gasteiger charge is 1.84. The summed E-state index contributed by atoms with van der Waals surface area (Å²) in [5.41, 5.74) is 6.00. The van der Waals surface area contributed by atoms with Gasteiger partial charge in [-0.05, 0) is 18.5 Å². The molecule has 2 N–H and O–H groups in total. The zero-order valence-electron chi connectivity index (χ0n) is 7.39. The van der Waals surface area contributed by atoms with Crippen LogP contribution in [0.5, 0.6) is 0 Å². The molecule has 0 saturated carbocycles. The SMILES string of the molecule is [2H]C([2H])([2H])c1ccccc1N. The molecule has 42 valence electrons. The number of hydrogen-bond acceptors (Lipinski definition) is 1. The van der Waals surface area contributed by atoms with Crippen molar-refractivity contribution in [2.75, 3.05) is 5.73 Å². The van der Waals surface area contributed by atoms with Gasteiger partial charge in [0.2, 0.25) is 0 Å². The van der Waals surface area contributed by atoms with Gasteiger partial charge < -0.3 is 5.73 Å². The lowest BCUT2D eigenvalue weighted by Crippen LogP contribution is -1.85. The van der Waals surface area contributed by atoms with Gasteiger partial charge in [0.25, 0.3) is 0 Å². The van der Waals surface area contributed by atoms with Gasteiger partial charge in [0.1, 0.15) is 0 Å². The van der Waals surface area contributed by atoms with Crippen LogP contribution < -0.4 is 5.73 Å². The van der Waals surface area contributed by atoms with Crippen molar-refractivity contribution in [3.63, 3.8) is 0 Å². The van der Waals surface area contributed by atoms with Crippen molar-refractivity contribution in [3.05, 3.63) is 29.8 Å². The molecule has 0 aliphatic heterocycles. The summed E-state index contributed by atoms with van der Waals surface area (Å²) in [6, 6.07) is 6.48. The molecule has 0 aliphatic rings. The van der Waals surface area contributed by atoms with Crippen LogP contribution in [0.3, 0.4) is 0 Å². The predicted molar refractivity (Wildman–Crippen MR) is 35.6 cm³/mol. The number of aryl methyl sites for hydroxylation is 1. The van der Waals surface area contributed by atoms with Crippen molar-refractivity contribution < 1.29 is 4.11 Å². The van der Waals surface area contributed by atoms with Crippen LogP contribution in [0.4, 0.5) is 5.69 Å². The number of rotatable bonds is 0. The third-order valence-corrected chi connectivity index (χ3v) is 0.961. The molecule has 0 amide bonds. The van der Waals surface area contributed by atoms with E-state index in [4.69, 9.17) is 9.85 Å². The van der Waals surface area contributed by atoms with Crippen LogP contribution in [0.25, 0.3) is 0 Å². The first-order valence-corrected chi connectivity index (χ1v) is 2.37. The van der Waals surface area contributed by atoms with Crippen molar-refractivity contribution in [3.8, 4) is 0 Å². The third kappa shape index (κ3) is 0.808. The van der Waals surface area contributed by atoms with Gasteiger partial charge in [-0.3, -0.25) is 0 Å². The number of nitrogens with two attached hydrogens (primary N) is 1. The van der Waals surface area contributed by atoms with E-state index in [1.165, 1.54) is 6.07 Å². The Morgan fingerprint density at radius 2 is 2.25 bits per heavy atom. The molecule has 1 aromatic carbocycles. The van der Waals surface area contributed by atoms with Gasteiger partial charge in [0.15, 0.2) is 0 Å². The van der Waals surface area contributed by atoms with Crippen LogP contribution in [0.1, 0.15) is 9.68 Å². The summed E-state index contributed by atoms with van der Waals surface area (Å²) < 4.78 is 21.2. The van der Waals surface area contributed by atoms with Gasteiger partial charge in [0, 0.05) is 9.80 Å². The summed E-state index contributed by atoms with van der Waals surface area (Å²) in [6.07, 6.45) is 0. The summed E-state index contributed by atoms with van der Waals surface area (Å²) in [5.74, 6) is 0. The van der Waals surface area contributed by atoms with Gasteiger partial charge in [-0.2, -0.15) is 0 Å². The van der Waals surface area contributed by atoms with E-state index in [2.05, 4.69) is 0 Å². The summed E-state index contributed by atoms with van der Waals surface area (Å²) in [5, 5.41) is 0. The first-order chi connectivity index (χ1) is 5.02. The van der Waals surface area contributed by atoms with Crippen molar-refractivity contribution in [2.45, 2.75) is 6.85 Å². The van der Waals surface area contributed by atoms with E-state index in [0.717, 1.165) is 0 Å². The van der Waals surface area contributed by atoms with Crippen molar-refractivity contribution in [1.29, 1.82) is 0 Å². The summed E-state index contributed by atoms with van der Waals surface area (Å²) in [7, 11) is 0. The second kappa shape index (κ2) is 1.86. The molecular weight excluding hydrogens is 98.1 g/mol. The highest BCUT2D eigenvalue weighted by atomic mass is 14.5. The Morgan fingerprint density at radius 3 is 2.75 bits per heavy atom. The monoisotopic (exact) mass is 110 g/mol. The van der Waals surface area contributed by atoms with E-state index in [-0.39, 0.29) is 5.56 Å². The van der Waals surface area contributed by atoms with Gasteiger partial charge in [-0.25, -0.2) is 0 Å². The van der Waals surface area contributed by atoms with E-state index >= 15 is 0 Å². The smallest absolute Gasteiger partial charge is 0.0343 e. The lowest BCUT2D eigenvalue weighted by Gasteiger charge is -1.93. The minimum Gasteiger partial charge on any atom is -0.399 e. The molecule has 0 atom stereocenters. The van der Waals surface area contributed by atoms with E-state index in [1.807, 2.05) is 0 Å². The number of nitrogen functional groups attached to an aromatic ring is 1. The van der Waals surface area contributed by atoms with Crippen LogP contribution in [0.15, 0.2) is 24.3 Å². The molecule has 0 spiro atoms. The first-order valence-electron chi connectivity index (χ1n) is 3.87. The minimum atomic E-state index is -2.09. The first kappa shape index (κ1) is 2.53. The Kier molecular flexibility index (Phi) is 0.591. The zero-order valence-corrected chi connectivity index (χ0v) is 4.39. The second-order valence-corrected chi connectivity index (χ2v) is 1.59. The summed E-state index contributed by atoms with van der Waals surface area (Å²) in [4.78, 5) is 0. The molecular formula is C7H9N. The van der Waals surface area contributed by atoms with E-state index < -0.39 is 6.85 Å². The molecule has 0 bridgehead atoms. The van der Waals surface area contributed by atoms with Crippen molar-refractivity contribution in [1.82, 2.24) is 0 Å². The van der Waals surface area contributed by atoms with Crippen molar-refractivity contribution in [2.24, 2.45) is 0 Å². The molecule has 1 heteroatoms. The molecule has 0 aliphatic carbocycles. The van der Waals surface area contributed by atoms with Gasteiger partial charge in [0.05, 0.1) is 0 Å². The largest absolute Gasteiger partial charge is 0.399 e. The van der Waals surface area contributed by atoms with Gasteiger partial charge in [-0.1, -0.05) is 18.2 Å². The fourth-order valence-corrected chi connectivity index (χ4v) is 0.497. The molecule has 1 rings (SSSR count). The van der Waals surface area contributed by atoms with Crippen molar-refractivity contribution >= 4 is 5.69 Å². The summed E-state index contributed by atoms with van der Waals surface area (Å²) in [6.45, 7) is -2.09. The Morgan fingerprint density at radius 1 is 1.50 bits per heavy atom. The molecule has 1 nitrogen and oxygen atoms in total. The molecule has 0 radical (unpaired) electrons. The Balaban J connectivity index is 3.14. The second-order valence-electron chi connectivity index (χ2n) is 1.59. The minimum absolute atomic E-state index is 0.222. The maximum atomic E-state index is 7.07. The quantitative estimate of drug-likeness (QED) is 0.504. The molecule has 1 aromatic rings. The molecule has 0 saturated heterocycles. The van der Waals surface area contributed by atoms with Crippen LogP contribution in [-0.4, -0.2) is 0 Å². The number of hydrogen-bond donors (Lipinski definition) is 1. The highest BCUT2D eigenvalue weighted by molar-refractivity contribution is 5.44. The standard InChI is InChI=1S/C7H9N/c1-6-4-2-3-5-7(6)8/h2-5H,8H2,1H3/i1D3. The van der Waals surface area contributed by atoms with Crippen LogP contribution in [0, 0.1) is 6.85 Å². The maximum Gasteiger partial charge on any atom is 0.0343 e. The van der Waals surface area contributed by atoms with Crippen LogP contribution >= 0.6 is 0 Å². The summed E-state index contributed by atoms with van der Waals surface area (Å²) >= 11 is 0. The predicted octanol–water partition coefficient (Wildman–Crippen LogP) is 1.58. The molecule has 0 aromatic heterocycles. The van der Waals surface area contributed by atoms with E-state index in [9.17, 15) is 0 Å². The Labute approximate surface area is 53.4 Å². The van der Waals surface area contributed by atoms with E-state index in [0.29, 0.717) is 5.69 Å². The average Bonchev–Trinajstić information content (AvgIpc) is 1.86. The average molecular weight is 110 g/mol. The fourth-order valence-electron chi connectivity index (χ4n) is 0.497. The fraction of sp³-hybridized carbons (Fsp3) is 0.143. The normalized spacial score (nSPS) is 16.2. The van der Waals surface area contributed by atoms with Crippen LogP contribution in [0.2, 0.25) is 0 Å². The van der Waals surface area contributed by atoms with Crippen LogP contribution in [-0.2, 0) is 0 Å². The van der Waals surface area contributed by atoms with Gasteiger partial charge >= 0.3 is 0 Å². The molecule has 0 heterocycles. The Hall–Kier alpha value is -0.980. The molecule has 0 unspecified atom stereocenters. The number of benzene rings is 1. The lowest BCUT2D eigenvalue weighted by molar-refractivity contribution is 1.47. The third-order valence-electron chi connectivity index (χ3n) is 0.961. The van der Waals surface area contributed by atoms with E-state index in [1.54, 1.807) is 18.2 Å².